The monoisotopic (exact) mass is 248 g/mol. The van der Waals surface area contributed by atoms with E-state index >= 15 is 0 Å². The molecule has 0 atom stereocenters. The van der Waals surface area contributed by atoms with Crippen molar-refractivity contribution < 1.29 is 17.6 Å². The van der Waals surface area contributed by atoms with E-state index < -0.39 is 17.6 Å². The summed E-state index contributed by atoms with van der Waals surface area (Å²) in [6, 6.07) is 0. The van der Waals surface area contributed by atoms with Gasteiger partial charge in [-0.15, -0.1) is 0 Å². The van der Waals surface area contributed by atoms with E-state index in [0.29, 0.717) is 10.8 Å². The second kappa shape index (κ2) is 3.45. The zero-order chi connectivity index (χ0) is 12.1. The molecule has 0 saturated carbocycles. The Morgan fingerprint density at radius 2 is 1.50 bits per heavy atom. The van der Waals surface area contributed by atoms with Gasteiger partial charge in [-0.25, -0.2) is 4.39 Å². The van der Waals surface area contributed by atoms with Gasteiger partial charge in [-0.1, -0.05) is 0 Å². The number of rotatable bonds is 0. The molecule has 5 heteroatoms. The van der Waals surface area contributed by atoms with E-state index in [1.165, 1.54) is 25.2 Å². The second-order valence-corrected chi connectivity index (χ2v) is 4.38. The Hall–Kier alpha value is -1.10. The van der Waals surface area contributed by atoms with E-state index in [2.05, 4.69) is 0 Å². The molecular formula is C11H8F4S. The maximum Gasteiger partial charge on any atom is 0.419 e. The maximum absolute atomic E-state index is 13.7. The van der Waals surface area contributed by atoms with Gasteiger partial charge in [0.1, 0.15) is 5.82 Å². The molecule has 0 N–H and O–H groups in total. The number of hydrogen-bond acceptors (Lipinski definition) is 1. The standard InChI is InChI=1S/C11H8F4S/c1-5-7-3-16-4-8(7)6(2)10(12)9(5)11(13,14)15/h3-4H,1-2H3. The molecule has 0 aliphatic carbocycles. The molecule has 16 heavy (non-hydrogen) atoms. The molecule has 0 spiro atoms. The molecule has 0 radical (unpaired) electrons. The summed E-state index contributed by atoms with van der Waals surface area (Å²) in [7, 11) is 0. The topological polar surface area (TPSA) is 0 Å². The van der Waals surface area contributed by atoms with Crippen molar-refractivity contribution >= 4 is 22.1 Å². The highest BCUT2D eigenvalue weighted by molar-refractivity contribution is 7.09. The fourth-order valence-electron chi connectivity index (χ4n) is 1.82. The summed E-state index contributed by atoms with van der Waals surface area (Å²) in [4.78, 5) is 0. The Bertz CT molecular complexity index is 551. The summed E-state index contributed by atoms with van der Waals surface area (Å²) in [5, 5.41) is 4.33. The maximum atomic E-state index is 13.7. The minimum atomic E-state index is -4.64. The van der Waals surface area contributed by atoms with E-state index in [-0.39, 0.29) is 11.1 Å². The van der Waals surface area contributed by atoms with Gasteiger partial charge in [-0.2, -0.15) is 24.5 Å². The van der Waals surface area contributed by atoms with E-state index in [1.54, 1.807) is 10.8 Å². The van der Waals surface area contributed by atoms with E-state index in [1.807, 2.05) is 0 Å². The smallest absolute Gasteiger partial charge is 0.206 e. The average molecular weight is 248 g/mol. The van der Waals surface area contributed by atoms with Crippen LogP contribution in [-0.4, -0.2) is 0 Å². The average Bonchev–Trinajstić information content (AvgIpc) is 2.61. The van der Waals surface area contributed by atoms with Crippen molar-refractivity contribution in [3.05, 3.63) is 33.3 Å². The quantitative estimate of drug-likeness (QED) is 0.594. The molecular weight excluding hydrogens is 240 g/mol. The lowest BCUT2D eigenvalue weighted by atomic mass is 9.98. The molecule has 0 aliphatic heterocycles. The number of hydrogen-bond donors (Lipinski definition) is 0. The summed E-state index contributed by atoms with van der Waals surface area (Å²) in [5.41, 5.74) is -1.11. The van der Waals surface area contributed by atoms with Gasteiger partial charge in [-0.05, 0) is 46.5 Å². The van der Waals surface area contributed by atoms with Crippen LogP contribution in [0.5, 0.6) is 0 Å². The number of benzene rings is 1. The summed E-state index contributed by atoms with van der Waals surface area (Å²) in [5.74, 6) is -1.16. The highest BCUT2D eigenvalue weighted by Gasteiger charge is 2.37. The van der Waals surface area contributed by atoms with Crippen LogP contribution < -0.4 is 0 Å². The van der Waals surface area contributed by atoms with Crippen LogP contribution in [0.1, 0.15) is 16.7 Å². The van der Waals surface area contributed by atoms with Crippen LogP contribution in [0.2, 0.25) is 0 Å². The number of thiophene rings is 1. The van der Waals surface area contributed by atoms with Crippen LogP contribution in [0.15, 0.2) is 10.8 Å². The van der Waals surface area contributed by atoms with Gasteiger partial charge in [-0.3, -0.25) is 0 Å². The third kappa shape index (κ3) is 1.50. The predicted molar refractivity (Wildman–Crippen MR) is 56.3 cm³/mol. The van der Waals surface area contributed by atoms with Gasteiger partial charge in [0.05, 0.1) is 5.56 Å². The Balaban J connectivity index is 2.94. The van der Waals surface area contributed by atoms with Gasteiger partial charge < -0.3 is 0 Å². The van der Waals surface area contributed by atoms with Crippen LogP contribution >= 0.6 is 11.3 Å². The summed E-state index contributed by atoms with van der Waals surface area (Å²) in [6.45, 7) is 2.68. The van der Waals surface area contributed by atoms with E-state index in [0.717, 1.165) is 0 Å². The van der Waals surface area contributed by atoms with Crippen LogP contribution in [-0.2, 0) is 6.18 Å². The van der Waals surface area contributed by atoms with Crippen molar-refractivity contribution in [2.75, 3.05) is 0 Å². The van der Waals surface area contributed by atoms with Crippen molar-refractivity contribution in [2.24, 2.45) is 0 Å². The number of halogens is 4. The molecule has 0 unspecified atom stereocenters. The Kier molecular flexibility index (Phi) is 2.45. The van der Waals surface area contributed by atoms with Crippen molar-refractivity contribution in [3.8, 4) is 0 Å². The van der Waals surface area contributed by atoms with Gasteiger partial charge >= 0.3 is 6.18 Å². The molecule has 0 fully saturated rings. The lowest BCUT2D eigenvalue weighted by Gasteiger charge is -2.14. The third-order valence-electron chi connectivity index (χ3n) is 2.68. The first kappa shape index (κ1) is 11.4. The first-order chi connectivity index (χ1) is 7.34. The zero-order valence-corrected chi connectivity index (χ0v) is 9.39. The highest BCUT2D eigenvalue weighted by Crippen LogP contribution is 2.40. The van der Waals surface area contributed by atoms with E-state index in [4.69, 9.17) is 0 Å². The number of fused-ring (bicyclic) bond motifs is 1. The first-order valence-electron chi connectivity index (χ1n) is 4.55. The van der Waals surface area contributed by atoms with Crippen molar-refractivity contribution in [1.29, 1.82) is 0 Å². The molecule has 0 nitrogen and oxygen atoms in total. The second-order valence-electron chi connectivity index (χ2n) is 3.64. The largest absolute Gasteiger partial charge is 0.419 e. The van der Waals surface area contributed by atoms with Gasteiger partial charge in [0.15, 0.2) is 0 Å². The fourth-order valence-corrected chi connectivity index (χ4v) is 2.77. The molecule has 0 amide bonds. The third-order valence-corrected chi connectivity index (χ3v) is 3.42. The van der Waals surface area contributed by atoms with Crippen molar-refractivity contribution in [2.45, 2.75) is 20.0 Å². The van der Waals surface area contributed by atoms with Crippen LogP contribution in [0.25, 0.3) is 10.8 Å². The molecule has 0 aliphatic rings. The molecule has 0 bridgehead atoms. The molecule has 0 saturated heterocycles. The van der Waals surface area contributed by atoms with Crippen LogP contribution in [0.4, 0.5) is 17.6 Å². The minimum Gasteiger partial charge on any atom is -0.206 e. The van der Waals surface area contributed by atoms with Gasteiger partial charge in [0.25, 0.3) is 0 Å². The first-order valence-corrected chi connectivity index (χ1v) is 5.50. The van der Waals surface area contributed by atoms with Crippen LogP contribution in [0, 0.1) is 19.7 Å². The van der Waals surface area contributed by atoms with Gasteiger partial charge in [0.2, 0.25) is 0 Å². The summed E-state index contributed by atoms with van der Waals surface area (Å²) in [6.07, 6.45) is -4.64. The number of aryl methyl sites for hydroxylation is 2. The van der Waals surface area contributed by atoms with Crippen molar-refractivity contribution in [1.82, 2.24) is 0 Å². The summed E-state index contributed by atoms with van der Waals surface area (Å²) < 4.78 is 51.7. The highest BCUT2D eigenvalue weighted by atomic mass is 32.1. The van der Waals surface area contributed by atoms with Crippen molar-refractivity contribution in [3.63, 3.8) is 0 Å². The lowest BCUT2D eigenvalue weighted by molar-refractivity contribution is -0.140. The SMILES string of the molecule is Cc1c(F)c(C(F)(F)F)c(C)c2cscc12. The lowest BCUT2D eigenvalue weighted by Crippen LogP contribution is -2.12. The molecule has 1 heterocycles. The molecule has 2 aromatic rings. The molecule has 1 aromatic heterocycles. The fraction of sp³-hybridized carbons (Fsp3) is 0.273. The normalized spacial score (nSPS) is 12.4. The molecule has 2 rings (SSSR count). The zero-order valence-electron chi connectivity index (χ0n) is 8.57. The Morgan fingerprint density at radius 1 is 1.00 bits per heavy atom. The summed E-state index contributed by atoms with van der Waals surface area (Å²) >= 11 is 1.28. The van der Waals surface area contributed by atoms with Crippen LogP contribution in [0.3, 0.4) is 0 Å². The Morgan fingerprint density at radius 3 is 2.00 bits per heavy atom. The van der Waals surface area contributed by atoms with E-state index in [9.17, 15) is 17.6 Å². The predicted octanol–water partition coefficient (Wildman–Crippen LogP) is 4.68. The molecule has 1 aromatic carbocycles. The van der Waals surface area contributed by atoms with Gasteiger partial charge in [0, 0.05) is 0 Å². The Labute approximate surface area is 93.5 Å². The molecule has 86 valence electrons. The number of alkyl halides is 3. The minimum absolute atomic E-state index is 0.0353.